The Bertz CT molecular complexity index is 1410. The van der Waals surface area contributed by atoms with Crippen molar-refractivity contribution >= 4 is 35.4 Å². The van der Waals surface area contributed by atoms with E-state index in [0.717, 1.165) is 10.0 Å². The van der Waals surface area contributed by atoms with Gasteiger partial charge in [-0.3, -0.25) is 49.6 Å². The Morgan fingerprint density at radius 2 is 0.921 bits per heavy atom. The number of pyridine rings is 2. The van der Waals surface area contributed by atoms with Crippen molar-refractivity contribution in [1.29, 1.82) is 0 Å². The Labute approximate surface area is 215 Å². The molecule has 4 fully saturated rings. The summed E-state index contributed by atoms with van der Waals surface area (Å²) in [6, 6.07) is 5.88. The van der Waals surface area contributed by atoms with Crippen molar-refractivity contribution in [2.24, 2.45) is 47.3 Å². The second kappa shape index (κ2) is 7.88. The van der Waals surface area contributed by atoms with Gasteiger partial charge in [0, 0.05) is 35.9 Å². The number of fused-ring (bicyclic) bond motifs is 1. The Balaban J connectivity index is 1.13. The Morgan fingerprint density at radius 1 is 0.579 bits per heavy atom. The Hall–Kier alpha value is -4.74. The molecule has 4 aliphatic carbocycles. The molecule has 4 heterocycles. The summed E-state index contributed by atoms with van der Waals surface area (Å²) in [6.07, 6.45) is 9.44. The van der Waals surface area contributed by atoms with Gasteiger partial charge in [-0.15, -0.1) is 0 Å². The van der Waals surface area contributed by atoms with E-state index in [9.17, 15) is 28.8 Å². The lowest BCUT2D eigenvalue weighted by Gasteiger charge is -2.60. The van der Waals surface area contributed by atoms with Gasteiger partial charge in [0.1, 0.15) is 0 Å². The van der Waals surface area contributed by atoms with Crippen molar-refractivity contribution < 1.29 is 28.8 Å². The molecule has 2 aromatic rings. The molecule has 190 valence electrons. The van der Waals surface area contributed by atoms with Gasteiger partial charge in [0.05, 0.1) is 23.7 Å². The molecule has 12 nitrogen and oxygen atoms in total. The summed E-state index contributed by atoms with van der Waals surface area (Å²) in [5.74, 6) is -7.66. The molecule has 8 atom stereocenters. The molecule has 2 bridgehead atoms. The first-order chi connectivity index (χ1) is 18.4. The van der Waals surface area contributed by atoms with Crippen LogP contribution in [-0.4, -0.2) is 55.4 Å². The van der Waals surface area contributed by atoms with Crippen molar-refractivity contribution in [3.8, 4) is 0 Å². The van der Waals surface area contributed by atoms with Crippen LogP contribution in [0.25, 0.3) is 0 Å². The number of imide groups is 2. The van der Waals surface area contributed by atoms with Gasteiger partial charge < -0.3 is 0 Å². The summed E-state index contributed by atoms with van der Waals surface area (Å²) < 4.78 is 0. The maximum Gasteiger partial charge on any atom is 0.270 e. The molecule has 2 aliphatic heterocycles. The summed E-state index contributed by atoms with van der Waals surface area (Å²) in [4.78, 5) is 86.4. The van der Waals surface area contributed by atoms with E-state index in [1.54, 1.807) is 0 Å². The molecule has 2 aromatic heterocycles. The first-order valence-corrected chi connectivity index (χ1v) is 12.2. The zero-order chi connectivity index (χ0) is 26.3. The number of nitrogens with one attached hydrogen (secondary N) is 2. The number of allylic oxidation sites excluding steroid dienone is 2. The lowest BCUT2D eigenvalue weighted by molar-refractivity contribution is -0.166. The maximum absolute atomic E-state index is 13.4. The summed E-state index contributed by atoms with van der Waals surface area (Å²) >= 11 is 0. The van der Waals surface area contributed by atoms with Gasteiger partial charge in [0.2, 0.25) is 0 Å². The predicted molar refractivity (Wildman–Crippen MR) is 124 cm³/mol. The van der Waals surface area contributed by atoms with Crippen molar-refractivity contribution in [2.75, 3.05) is 0 Å². The molecule has 2 saturated carbocycles. The average molecular weight is 512 g/mol. The minimum absolute atomic E-state index is 0.247. The number of aromatic nitrogens is 2. The Morgan fingerprint density at radius 3 is 1.29 bits per heavy atom. The van der Waals surface area contributed by atoms with E-state index >= 15 is 0 Å². The van der Waals surface area contributed by atoms with Crippen LogP contribution in [0, 0.1) is 47.3 Å². The fourth-order valence-corrected chi connectivity index (χ4v) is 7.16. The third-order valence-electron chi connectivity index (χ3n) is 8.66. The van der Waals surface area contributed by atoms with Gasteiger partial charge in [-0.05, 0) is 47.9 Å². The lowest BCUT2D eigenvalue weighted by atomic mass is 9.40. The number of carbonyl (C=O) groups is 6. The standard InChI is InChI=1S/C26H20N6O6/c33-21(11-3-7-27-8-4-11)29-31-23(35)17-13-1-2-14(18(17)24(31)36)16-15(13)19-20(16)26(38)32(25(19)37)30-22(34)12-5-9-28-10-6-12/h1-10,13-20H,(H,29,33)(H,30,34). The first-order valence-electron chi connectivity index (χ1n) is 12.2. The quantitative estimate of drug-likeness (QED) is 0.419. The van der Waals surface area contributed by atoms with Crippen LogP contribution in [-0.2, 0) is 19.2 Å². The fraction of sp³-hybridized carbons (Fsp3) is 0.308. The zero-order valence-corrected chi connectivity index (χ0v) is 19.6. The highest BCUT2D eigenvalue weighted by atomic mass is 16.2. The summed E-state index contributed by atoms with van der Waals surface area (Å²) in [6.45, 7) is 0. The van der Waals surface area contributed by atoms with E-state index in [1.165, 1.54) is 49.1 Å². The third-order valence-corrected chi connectivity index (χ3v) is 8.66. The highest BCUT2D eigenvalue weighted by Gasteiger charge is 2.75. The molecule has 12 heteroatoms. The molecule has 38 heavy (non-hydrogen) atoms. The van der Waals surface area contributed by atoms with Crippen LogP contribution < -0.4 is 10.9 Å². The fourth-order valence-electron chi connectivity index (χ4n) is 7.16. The van der Waals surface area contributed by atoms with Crippen LogP contribution in [0.5, 0.6) is 0 Å². The van der Waals surface area contributed by atoms with E-state index < -0.39 is 71.0 Å². The molecule has 8 rings (SSSR count). The molecule has 2 N–H and O–H groups in total. The Kier molecular flexibility index (Phi) is 4.66. The van der Waals surface area contributed by atoms with Crippen molar-refractivity contribution in [3.05, 3.63) is 72.3 Å². The minimum Gasteiger partial charge on any atom is -0.272 e. The predicted octanol–water partition coefficient (Wildman–Crippen LogP) is -0.269. The first kappa shape index (κ1) is 22.5. The number of nitrogens with zero attached hydrogens (tertiary/aromatic N) is 4. The molecule has 0 aromatic carbocycles. The van der Waals surface area contributed by atoms with E-state index in [0.29, 0.717) is 0 Å². The number of hydrogen-bond donors (Lipinski definition) is 2. The molecular weight excluding hydrogens is 492 g/mol. The monoisotopic (exact) mass is 512 g/mol. The second-order valence-electron chi connectivity index (χ2n) is 10.2. The van der Waals surface area contributed by atoms with Crippen LogP contribution in [0.15, 0.2) is 61.2 Å². The summed E-state index contributed by atoms with van der Waals surface area (Å²) in [5, 5.41) is 1.58. The molecule has 0 spiro atoms. The highest BCUT2D eigenvalue weighted by Crippen LogP contribution is 2.67. The van der Waals surface area contributed by atoms with Crippen molar-refractivity contribution in [3.63, 3.8) is 0 Å². The van der Waals surface area contributed by atoms with Gasteiger partial charge in [0.25, 0.3) is 35.4 Å². The summed E-state index contributed by atoms with van der Waals surface area (Å²) in [7, 11) is 0. The smallest absolute Gasteiger partial charge is 0.270 e. The molecule has 6 aliphatic rings. The maximum atomic E-state index is 13.4. The SMILES string of the molecule is O=C(NN1C(=O)C2C3C=CC(C2C1=O)C1C2C(=O)N(NC(=O)c4ccncc4)C(=O)C2C31)c1ccncc1. The molecule has 8 unspecified atom stereocenters. The summed E-state index contributed by atoms with van der Waals surface area (Å²) in [5.41, 5.74) is 5.34. The average Bonchev–Trinajstić information content (AvgIpc) is 3.29. The van der Waals surface area contributed by atoms with Gasteiger partial charge >= 0.3 is 0 Å². The van der Waals surface area contributed by atoms with Crippen molar-refractivity contribution in [2.45, 2.75) is 0 Å². The van der Waals surface area contributed by atoms with Gasteiger partial charge in [0.15, 0.2) is 0 Å². The van der Waals surface area contributed by atoms with Crippen LogP contribution in [0.2, 0.25) is 0 Å². The normalized spacial score (nSPS) is 34.0. The number of hydrogen-bond acceptors (Lipinski definition) is 8. The van der Waals surface area contributed by atoms with E-state index in [4.69, 9.17) is 0 Å². The number of hydrazine groups is 2. The second-order valence-corrected chi connectivity index (χ2v) is 10.2. The highest BCUT2D eigenvalue weighted by molar-refractivity contribution is 6.11. The van der Waals surface area contributed by atoms with E-state index in [2.05, 4.69) is 20.8 Å². The van der Waals surface area contributed by atoms with Crippen LogP contribution in [0.3, 0.4) is 0 Å². The molecular formula is C26H20N6O6. The molecule has 0 radical (unpaired) electrons. The number of carbonyl (C=O) groups excluding carboxylic acids is 6. The topological polar surface area (TPSA) is 159 Å². The lowest BCUT2D eigenvalue weighted by Crippen LogP contribution is -2.63. The van der Waals surface area contributed by atoms with Gasteiger partial charge in [-0.1, -0.05) is 12.2 Å². The van der Waals surface area contributed by atoms with Crippen LogP contribution in [0.1, 0.15) is 20.7 Å². The molecule has 2 saturated heterocycles. The zero-order valence-electron chi connectivity index (χ0n) is 19.6. The largest absolute Gasteiger partial charge is 0.272 e. The van der Waals surface area contributed by atoms with E-state index in [1.807, 2.05) is 12.2 Å². The number of amides is 6. The van der Waals surface area contributed by atoms with Crippen molar-refractivity contribution in [1.82, 2.24) is 30.8 Å². The van der Waals surface area contributed by atoms with Gasteiger partial charge in [-0.25, -0.2) is 0 Å². The molecule has 6 amide bonds. The number of rotatable bonds is 4. The minimum atomic E-state index is -0.735. The third kappa shape index (κ3) is 2.85. The van der Waals surface area contributed by atoms with Crippen LogP contribution >= 0.6 is 0 Å². The van der Waals surface area contributed by atoms with E-state index in [-0.39, 0.29) is 23.0 Å². The van der Waals surface area contributed by atoms with Crippen LogP contribution in [0.4, 0.5) is 0 Å². The van der Waals surface area contributed by atoms with Gasteiger partial charge in [-0.2, -0.15) is 10.0 Å².